The highest BCUT2D eigenvalue weighted by Gasteiger charge is 2.23. The molecule has 4 aromatic heterocycles. The zero-order chi connectivity index (χ0) is 23.7. The number of hydrogen-bond acceptors (Lipinski definition) is 6. The molecular weight excluding hydrogens is 426 g/mol. The van der Waals surface area contributed by atoms with Gasteiger partial charge in [0.25, 0.3) is 5.91 Å². The maximum absolute atomic E-state index is 13.2. The van der Waals surface area contributed by atoms with Gasteiger partial charge in [-0.25, -0.2) is 14.5 Å². The second-order valence-electron chi connectivity index (χ2n) is 7.74. The van der Waals surface area contributed by atoms with Crippen LogP contribution in [0, 0.1) is 11.8 Å². The van der Waals surface area contributed by atoms with Crippen molar-refractivity contribution in [1.29, 1.82) is 0 Å². The van der Waals surface area contributed by atoms with Crippen LogP contribution in [-0.4, -0.2) is 30.5 Å². The van der Waals surface area contributed by atoms with Crippen LogP contribution in [0.1, 0.15) is 41.4 Å². The third-order valence-corrected chi connectivity index (χ3v) is 5.51. The summed E-state index contributed by atoms with van der Waals surface area (Å²) in [5, 5.41) is 7.22. The summed E-state index contributed by atoms with van der Waals surface area (Å²) < 4.78 is 1.49. The van der Waals surface area contributed by atoms with Gasteiger partial charge in [0.2, 0.25) is 0 Å². The van der Waals surface area contributed by atoms with Crippen LogP contribution in [0.25, 0.3) is 27.9 Å². The molecule has 8 nitrogen and oxygen atoms in total. The first-order chi connectivity index (χ1) is 16.6. The molecule has 0 fully saturated rings. The maximum atomic E-state index is 13.2. The molecular formula is C26H21N7O. The van der Waals surface area contributed by atoms with Gasteiger partial charge in [0.15, 0.2) is 11.5 Å². The smallest absolute Gasteiger partial charge is 0.259 e. The number of amides is 1. The lowest BCUT2D eigenvalue weighted by atomic mass is 9.99. The first kappa shape index (κ1) is 21.1. The average Bonchev–Trinajstić information content (AvgIpc) is 3.20. The van der Waals surface area contributed by atoms with Crippen molar-refractivity contribution in [3.63, 3.8) is 0 Å². The minimum absolute atomic E-state index is 0.118. The van der Waals surface area contributed by atoms with E-state index in [1.165, 1.54) is 4.52 Å². The Kier molecular flexibility index (Phi) is 5.36. The number of anilines is 1. The Hall–Kier alpha value is -4.77. The van der Waals surface area contributed by atoms with Crippen molar-refractivity contribution >= 4 is 28.4 Å². The average molecular weight is 448 g/mol. The molecule has 0 bridgehead atoms. The van der Waals surface area contributed by atoms with E-state index < -0.39 is 6.04 Å². The number of fused-ring (bicyclic) bond motifs is 2. The molecule has 5 rings (SSSR count). The van der Waals surface area contributed by atoms with E-state index in [-0.39, 0.29) is 17.3 Å². The molecule has 8 heteroatoms. The number of pyridine rings is 2. The molecule has 4 heterocycles. The van der Waals surface area contributed by atoms with E-state index in [0.717, 1.165) is 22.4 Å². The predicted molar refractivity (Wildman–Crippen MR) is 131 cm³/mol. The molecule has 0 radical (unpaired) electrons. The van der Waals surface area contributed by atoms with Crippen molar-refractivity contribution in [2.75, 3.05) is 5.73 Å². The number of carbonyl (C=O) groups excluding carboxylic acids is 1. The van der Waals surface area contributed by atoms with Crippen LogP contribution < -0.4 is 11.1 Å². The molecule has 166 valence electrons. The van der Waals surface area contributed by atoms with E-state index in [0.29, 0.717) is 16.7 Å². The minimum atomic E-state index is -0.402. The number of nitrogens with two attached hydrogens (primary N) is 1. The van der Waals surface area contributed by atoms with Gasteiger partial charge < -0.3 is 11.1 Å². The van der Waals surface area contributed by atoms with Crippen LogP contribution in [0.2, 0.25) is 0 Å². The Morgan fingerprint density at radius 2 is 1.94 bits per heavy atom. The summed E-state index contributed by atoms with van der Waals surface area (Å²) in [7, 11) is 0. The minimum Gasteiger partial charge on any atom is -0.381 e. The first-order valence-corrected chi connectivity index (χ1v) is 10.7. The first-order valence-electron chi connectivity index (χ1n) is 10.7. The van der Waals surface area contributed by atoms with Gasteiger partial charge in [-0.3, -0.25) is 9.78 Å². The number of nitrogens with zero attached hydrogens (tertiary/aromatic N) is 5. The summed E-state index contributed by atoms with van der Waals surface area (Å²) in [5.41, 5.74) is 11.4. The van der Waals surface area contributed by atoms with Gasteiger partial charge in [0.05, 0.1) is 22.8 Å². The number of nitrogens with one attached hydrogen (secondary N) is 1. The number of benzene rings is 1. The lowest BCUT2D eigenvalue weighted by Crippen LogP contribution is -2.28. The number of aromatic nitrogens is 5. The van der Waals surface area contributed by atoms with Gasteiger partial charge in [-0.15, -0.1) is 11.0 Å². The van der Waals surface area contributed by atoms with Crippen LogP contribution in [0.5, 0.6) is 0 Å². The number of rotatable bonds is 4. The van der Waals surface area contributed by atoms with Gasteiger partial charge >= 0.3 is 0 Å². The number of nitrogen functional groups attached to an aromatic ring is 1. The topological polar surface area (TPSA) is 111 Å². The SMILES string of the molecule is CC#Cc1ccnc2cc(C(C)NC(=O)c3c(N)nn4cccnc34)c(-c3ccccc3)nc12. The van der Waals surface area contributed by atoms with E-state index in [1.54, 1.807) is 31.6 Å². The molecule has 1 atom stereocenters. The summed E-state index contributed by atoms with van der Waals surface area (Å²) in [6.07, 6.45) is 5.01. The van der Waals surface area contributed by atoms with E-state index in [4.69, 9.17) is 10.7 Å². The number of carbonyl (C=O) groups is 1. The highest BCUT2D eigenvalue weighted by atomic mass is 16.1. The summed E-state index contributed by atoms with van der Waals surface area (Å²) in [4.78, 5) is 26.9. The molecule has 1 amide bonds. The summed E-state index contributed by atoms with van der Waals surface area (Å²) in [5.74, 6) is 5.79. The maximum Gasteiger partial charge on any atom is 0.259 e. The van der Waals surface area contributed by atoms with Crippen molar-refractivity contribution in [3.8, 4) is 23.1 Å². The molecule has 3 N–H and O–H groups in total. The highest BCUT2D eigenvalue weighted by Crippen LogP contribution is 2.30. The fourth-order valence-corrected chi connectivity index (χ4v) is 3.95. The fourth-order valence-electron chi connectivity index (χ4n) is 3.95. The Labute approximate surface area is 195 Å². The van der Waals surface area contributed by atoms with Crippen molar-refractivity contribution < 1.29 is 4.79 Å². The third-order valence-electron chi connectivity index (χ3n) is 5.51. The van der Waals surface area contributed by atoms with Gasteiger partial charge in [0.1, 0.15) is 11.1 Å². The van der Waals surface area contributed by atoms with Gasteiger partial charge in [-0.1, -0.05) is 36.3 Å². The van der Waals surface area contributed by atoms with Gasteiger partial charge in [0, 0.05) is 29.7 Å². The van der Waals surface area contributed by atoms with Crippen LogP contribution >= 0.6 is 0 Å². The zero-order valence-electron chi connectivity index (χ0n) is 18.6. The largest absolute Gasteiger partial charge is 0.381 e. The van der Waals surface area contributed by atoms with Crippen molar-refractivity contribution in [2.45, 2.75) is 19.9 Å². The van der Waals surface area contributed by atoms with E-state index in [1.807, 2.05) is 49.4 Å². The normalized spacial score (nSPS) is 11.7. The van der Waals surface area contributed by atoms with Crippen molar-refractivity contribution in [1.82, 2.24) is 29.9 Å². The summed E-state index contributed by atoms with van der Waals surface area (Å²) >= 11 is 0. The Morgan fingerprint density at radius 1 is 1.12 bits per heavy atom. The molecule has 34 heavy (non-hydrogen) atoms. The van der Waals surface area contributed by atoms with Crippen LogP contribution in [0.15, 0.2) is 67.1 Å². The Balaban J connectivity index is 1.61. The predicted octanol–water partition coefficient (Wildman–Crippen LogP) is 3.78. The fraction of sp³-hybridized carbons (Fsp3) is 0.115. The molecule has 5 aromatic rings. The van der Waals surface area contributed by atoms with E-state index in [2.05, 4.69) is 32.2 Å². The second kappa shape index (κ2) is 8.64. The van der Waals surface area contributed by atoms with Crippen molar-refractivity contribution in [3.05, 3.63) is 83.8 Å². The molecule has 0 saturated carbocycles. The molecule has 1 unspecified atom stereocenters. The highest BCUT2D eigenvalue weighted by molar-refractivity contribution is 6.04. The lowest BCUT2D eigenvalue weighted by molar-refractivity contribution is 0.0942. The standard InChI is InChI=1S/C26H21N7O/c1-3-8-17-11-13-28-20-15-19(22(31-23(17)20)18-9-5-4-6-10-18)16(2)30-26(34)21-24(27)32-33-14-7-12-29-25(21)33/h4-7,9-16H,1-2H3,(H2,27,32)(H,30,34). The lowest BCUT2D eigenvalue weighted by Gasteiger charge is -2.19. The second-order valence-corrected chi connectivity index (χ2v) is 7.74. The molecule has 0 aliphatic heterocycles. The van der Waals surface area contributed by atoms with Crippen LogP contribution in [0.3, 0.4) is 0 Å². The Morgan fingerprint density at radius 3 is 2.74 bits per heavy atom. The quantitative estimate of drug-likeness (QED) is 0.406. The Bertz CT molecular complexity index is 1600. The summed E-state index contributed by atoms with van der Waals surface area (Å²) in [6.45, 7) is 3.69. The molecule has 0 spiro atoms. The van der Waals surface area contributed by atoms with Gasteiger partial charge in [-0.2, -0.15) is 0 Å². The van der Waals surface area contributed by atoms with Crippen LogP contribution in [0.4, 0.5) is 5.82 Å². The monoisotopic (exact) mass is 447 g/mol. The summed E-state index contributed by atoms with van der Waals surface area (Å²) in [6, 6.07) is 15.0. The third kappa shape index (κ3) is 3.69. The zero-order valence-corrected chi connectivity index (χ0v) is 18.6. The van der Waals surface area contributed by atoms with E-state index in [9.17, 15) is 4.79 Å². The van der Waals surface area contributed by atoms with Crippen LogP contribution in [-0.2, 0) is 0 Å². The molecule has 0 aliphatic carbocycles. The molecule has 0 saturated heterocycles. The van der Waals surface area contributed by atoms with E-state index >= 15 is 0 Å². The molecule has 0 aliphatic rings. The van der Waals surface area contributed by atoms with Gasteiger partial charge in [-0.05, 0) is 32.0 Å². The van der Waals surface area contributed by atoms with Crippen molar-refractivity contribution in [2.24, 2.45) is 0 Å². The molecule has 1 aromatic carbocycles. The number of hydrogen-bond donors (Lipinski definition) is 2.